The van der Waals surface area contributed by atoms with Gasteiger partial charge in [0.1, 0.15) is 5.15 Å². The third kappa shape index (κ3) is 2.19. The van der Waals surface area contributed by atoms with Gasteiger partial charge < -0.3 is 5.73 Å². The lowest BCUT2D eigenvalue weighted by atomic mass is 10.1. The van der Waals surface area contributed by atoms with Crippen LogP contribution in [0.1, 0.15) is 30.6 Å². The summed E-state index contributed by atoms with van der Waals surface area (Å²) in [4.78, 5) is 4.06. The summed E-state index contributed by atoms with van der Waals surface area (Å²) in [6.07, 6.45) is 0.916. The van der Waals surface area contributed by atoms with Crippen molar-refractivity contribution in [2.75, 3.05) is 0 Å². The molecule has 66 valence electrons. The number of rotatable bonds is 2. The van der Waals surface area contributed by atoms with Crippen molar-refractivity contribution in [3.63, 3.8) is 0 Å². The fourth-order valence-electron chi connectivity index (χ4n) is 1.10. The van der Waals surface area contributed by atoms with E-state index in [4.69, 9.17) is 17.3 Å². The Morgan fingerprint density at radius 2 is 2.25 bits per heavy atom. The summed E-state index contributed by atoms with van der Waals surface area (Å²) >= 11 is 5.78. The highest BCUT2D eigenvalue weighted by molar-refractivity contribution is 6.29. The number of hydrogen-bond acceptors (Lipinski definition) is 2. The van der Waals surface area contributed by atoms with E-state index in [-0.39, 0.29) is 6.04 Å². The van der Waals surface area contributed by atoms with E-state index in [0.29, 0.717) is 5.15 Å². The molecule has 0 aliphatic rings. The van der Waals surface area contributed by atoms with Crippen molar-refractivity contribution in [2.45, 2.75) is 26.3 Å². The van der Waals surface area contributed by atoms with Crippen molar-refractivity contribution in [3.8, 4) is 0 Å². The van der Waals surface area contributed by atoms with Crippen LogP contribution >= 0.6 is 11.6 Å². The van der Waals surface area contributed by atoms with Gasteiger partial charge in [0.2, 0.25) is 0 Å². The average Bonchev–Trinajstić information content (AvgIpc) is 2.01. The maximum absolute atomic E-state index is 5.85. The molecule has 1 unspecified atom stereocenters. The largest absolute Gasteiger partial charge is 0.324 e. The second-order valence-electron chi connectivity index (χ2n) is 2.88. The summed E-state index contributed by atoms with van der Waals surface area (Å²) in [5, 5.41) is 0.522. The van der Waals surface area contributed by atoms with Crippen LogP contribution in [0.3, 0.4) is 0 Å². The van der Waals surface area contributed by atoms with Gasteiger partial charge in [-0.05, 0) is 31.0 Å². The highest BCUT2D eigenvalue weighted by Crippen LogP contribution is 2.17. The zero-order valence-corrected chi connectivity index (χ0v) is 8.10. The van der Waals surface area contributed by atoms with E-state index < -0.39 is 0 Å². The van der Waals surface area contributed by atoms with Crippen molar-refractivity contribution >= 4 is 11.6 Å². The number of nitrogens with zero attached hydrogens (tertiary/aromatic N) is 1. The van der Waals surface area contributed by atoms with Crippen molar-refractivity contribution in [1.29, 1.82) is 0 Å². The van der Waals surface area contributed by atoms with Crippen LogP contribution in [0.2, 0.25) is 5.15 Å². The molecule has 0 aromatic carbocycles. The Morgan fingerprint density at radius 1 is 1.58 bits per heavy atom. The molecule has 2 nitrogen and oxygen atoms in total. The molecule has 0 aliphatic carbocycles. The molecule has 1 aromatic heterocycles. The molecular weight excluding hydrogens is 172 g/mol. The fraction of sp³-hybridized carbons (Fsp3) is 0.444. The normalized spacial score (nSPS) is 13.0. The Balaban J connectivity index is 3.00. The summed E-state index contributed by atoms with van der Waals surface area (Å²) in [6, 6.07) is 3.87. The summed E-state index contributed by atoms with van der Waals surface area (Å²) in [6.45, 7) is 3.96. The molecule has 3 heteroatoms. The molecule has 1 rings (SSSR count). The predicted molar refractivity (Wildman–Crippen MR) is 51.2 cm³/mol. The first-order valence-electron chi connectivity index (χ1n) is 4.03. The van der Waals surface area contributed by atoms with Crippen LogP contribution in [-0.4, -0.2) is 4.98 Å². The summed E-state index contributed by atoms with van der Waals surface area (Å²) < 4.78 is 0. The minimum absolute atomic E-state index is 0.0733. The molecule has 0 saturated heterocycles. The van der Waals surface area contributed by atoms with E-state index in [1.54, 1.807) is 0 Å². The van der Waals surface area contributed by atoms with Gasteiger partial charge in [-0.25, -0.2) is 4.98 Å². The SMILES string of the molecule is CCC(N)c1cc(C)nc(Cl)c1. The van der Waals surface area contributed by atoms with Gasteiger partial charge in [-0.15, -0.1) is 0 Å². The van der Waals surface area contributed by atoms with Gasteiger partial charge in [0, 0.05) is 11.7 Å². The van der Waals surface area contributed by atoms with Crippen LogP contribution in [0.15, 0.2) is 12.1 Å². The molecule has 0 amide bonds. The Kier molecular flexibility index (Phi) is 3.06. The monoisotopic (exact) mass is 184 g/mol. The molecule has 0 spiro atoms. The summed E-state index contributed by atoms with van der Waals surface area (Å²) in [5.74, 6) is 0. The van der Waals surface area contributed by atoms with E-state index in [0.717, 1.165) is 17.7 Å². The number of hydrogen-bond donors (Lipinski definition) is 1. The van der Waals surface area contributed by atoms with Crippen molar-refractivity contribution in [2.24, 2.45) is 5.73 Å². The predicted octanol–water partition coefficient (Wildman–Crippen LogP) is 2.45. The van der Waals surface area contributed by atoms with E-state index >= 15 is 0 Å². The number of halogens is 1. The summed E-state index contributed by atoms with van der Waals surface area (Å²) in [5.41, 5.74) is 7.83. The average molecular weight is 185 g/mol. The van der Waals surface area contributed by atoms with Gasteiger partial charge in [-0.3, -0.25) is 0 Å². The molecule has 0 bridgehead atoms. The smallest absolute Gasteiger partial charge is 0.129 e. The maximum Gasteiger partial charge on any atom is 0.129 e. The van der Waals surface area contributed by atoms with E-state index in [2.05, 4.69) is 4.98 Å². The van der Waals surface area contributed by atoms with E-state index in [1.165, 1.54) is 0 Å². The molecular formula is C9H13ClN2. The molecule has 0 aliphatic heterocycles. The fourth-order valence-corrected chi connectivity index (χ4v) is 1.36. The standard InChI is InChI=1S/C9H13ClN2/c1-3-8(11)7-4-6(2)12-9(10)5-7/h4-5,8H,3,11H2,1-2H3. The van der Waals surface area contributed by atoms with Gasteiger partial charge in [-0.2, -0.15) is 0 Å². The van der Waals surface area contributed by atoms with Gasteiger partial charge in [-0.1, -0.05) is 18.5 Å². The van der Waals surface area contributed by atoms with Gasteiger partial charge in [0.05, 0.1) is 0 Å². The molecule has 2 N–H and O–H groups in total. The zero-order chi connectivity index (χ0) is 9.14. The quantitative estimate of drug-likeness (QED) is 0.718. The topological polar surface area (TPSA) is 38.9 Å². The first-order valence-corrected chi connectivity index (χ1v) is 4.41. The van der Waals surface area contributed by atoms with Crippen molar-refractivity contribution < 1.29 is 0 Å². The number of pyridine rings is 1. The number of aromatic nitrogens is 1. The van der Waals surface area contributed by atoms with Crippen LogP contribution in [0.25, 0.3) is 0 Å². The highest BCUT2D eigenvalue weighted by atomic mass is 35.5. The number of aryl methyl sites for hydroxylation is 1. The lowest BCUT2D eigenvalue weighted by Crippen LogP contribution is -2.09. The van der Waals surface area contributed by atoms with Crippen LogP contribution in [0, 0.1) is 6.92 Å². The Hall–Kier alpha value is -0.600. The summed E-state index contributed by atoms with van der Waals surface area (Å²) in [7, 11) is 0. The molecule has 0 fully saturated rings. The molecule has 0 saturated carbocycles. The third-order valence-electron chi connectivity index (χ3n) is 1.81. The second-order valence-corrected chi connectivity index (χ2v) is 3.27. The lowest BCUT2D eigenvalue weighted by molar-refractivity contribution is 0.696. The van der Waals surface area contributed by atoms with Crippen LogP contribution in [-0.2, 0) is 0 Å². The van der Waals surface area contributed by atoms with Crippen LogP contribution < -0.4 is 5.73 Å². The Labute approximate surface area is 77.8 Å². The van der Waals surface area contributed by atoms with Crippen LogP contribution in [0.5, 0.6) is 0 Å². The minimum Gasteiger partial charge on any atom is -0.324 e. The first kappa shape index (κ1) is 9.49. The second kappa shape index (κ2) is 3.87. The molecule has 1 aromatic rings. The van der Waals surface area contributed by atoms with E-state index in [1.807, 2.05) is 26.0 Å². The first-order chi connectivity index (χ1) is 5.63. The Morgan fingerprint density at radius 3 is 2.75 bits per heavy atom. The van der Waals surface area contributed by atoms with Crippen LogP contribution in [0.4, 0.5) is 0 Å². The number of nitrogens with two attached hydrogens (primary N) is 1. The van der Waals surface area contributed by atoms with E-state index in [9.17, 15) is 0 Å². The molecule has 1 atom stereocenters. The molecule has 0 radical (unpaired) electrons. The molecule has 1 heterocycles. The van der Waals surface area contributed by atoms with Crippen molar-refractivity contribution in [3.05, 3.63) is 28.5 Å². The third-order valence-corrected chi connectivity index (χ3v) is 2.01. The Bertz CT molecular complexity index is 253. The lowest BCUT2D eigenvalue weighted by Gasteiger charge is -2.09. The molecule has 12 heavy (non-hydrogen) atoms. The zero-order valence-electron chi connectivity index (χ0n) is 7.34. The van der Waals surface area contributed by atoms with Crippen molar-refractivity contribution in [1.82, 2.24) is 4.98 Å². The van der Waals surface area contributed by atoms with Gasteiger partial charge in [0.25, 0.3) is 0 Å². The highest BCUT2D eigenvalue weighted by Gasteiger charge is 2.04. The van der Waals surface area contributed by atoms with Gasteiger partial charge >= 0.3 is 0 Å². The van der Waals surface area contributed by atoms with Gasteiger partial charge in [0.15, 0.2) is 0 Å². The maximum atomic E-state index is 5.85. The minimum atomic E-state index is 0.0733.